The first kappa shape index (κ1) is 9.38. The number of fused-ring (bicyclic) bond motifs is 1. The minimum absolute atomic E-state index is 0.831. The highest BCUT2D eigenvalue weighted by Gasteiger charge is 2.07. The maximum atomic E-state index is 6.02. The van der Waals surface area contributed by atoms with Crippen molar-refractivity contribution in [3.63, 3.8) is 0 Å². The van der Waals surface area contributed by atoms with Crippen molar-refractivity contribution in [1.82, 2.24) is 0 Å². The maximum absolute atomic E-state index is 6.02. The number of rotatable bonds is 1. The summed E-state index contributed by atoms with van der Waals surface area (Å²) in [5.41, 5.74) is 1.29. The molecule has 68 valence electrons. The summed E-state index contributed by atoms with van der Waals surface area (Å²) in [6.45, 7) is 2.14. The summed E-state index contributed by atoms with van der Waals surface area (Å²) >= 11 is 12.2. The van der Waals surface area contributed by atoms with Crippen LogP contribution in [-0.2, 0) is 6.42 Å². The number of thiophene rings is 1. The number of hydrogen-bond donors (Lipinski definition) is 1. The molecule has 0 unspecified atom stereocenters. The fourth-order valence-electron chi connectivity index (χ4n) is 1.38. The van der Waals surface area contributed by atoms with E-state index >= 15 is 0 Å². The fraction of sp³-hybridized carbons (Fsp3) is 0.200. The minimum Gasteiger partial charge on any atom is -0.142 e. The molecule has 0 bridgehead atoms. The fourth-order valence-corrected chi connectivity index (χ4v) is 3.13. The van der Waals surface area contributed by atoms with E-state index in [4.69, 9.17) is 11.6 Å². The van der Waals surface area contributed by atoms with Gasteiger partial charge in [0.05, 0.1) is 5.02 Å². The third-order valence-corrected chi connectivity index (χ3v) is 4.25. The van der Waals surface area contributed by atoms with Crippen molar-refractivity contribution in [2.75, 3.05) is 0 Å². The minimum atomic E-state index is 0.831. The molecular weight excluding hydrogens is 220 g/mol. The van der Waals surface area contributed by atoms with Gasteiger partial charge in [-0.1, -0.05) is 30.7 Å². The van der Waals surface area contributed by atoms with Crippen LogP contribution in [0.2, 0.25) is 5.02 Å². The Labute approximate surface area is 91.9 Å². The first-order valence-electron chi connectivity index (χ1n) is 4.11. The molecule has 1 aromatic heterocycles. The van der Waals surface area contributed by atoms with E-state index in [9.17, 15) is 0 Å². The van der Waals surface area contributed by atoms with Gasteiger partial charge in [0, 0.05) is 20.4 Å². The van der Waals surface area contributed by atoms with Crippen molar-refractivity contribution in [3.05, 3.63) is 28.1 Å². The molecule has 3 heteroatoms. The van der Waals surface area contributed by atoms with Crippen LogP contribution in [0.4, 0.5) is 0 Å². The molecule has 0 aliphatic carbocycles. The van der Waals surface area contributed by atoms with Gasteiger partial charge in [-0.05, 0) is 12.0 Å². The highest BCUT2D eigenvalue weighted by atomic mass is 35.5. The van der Waals surface area contributed by atoms with Gasteiger partial charge >= 0.3 is 0 Å². The Balaban J connectivity index is 2.80. The van der Waals surface area contributed by atoms with Crippen LogP contribution < -0.4 is 0 Å². The van der Waals surface area contributed by atoms with Crippen molar-refractivity contribution >= 4 is 45.7 Å². The topological polar surface area (TPSA) is 0 Å². The lowest BCUT2D eigenvalue weighted by molar-refractivity contribution is 1.10. The van der Waals surface area contributed by atoms with Gasteiger partial charge in [-0.25, -0.2) is 0 Å². The van der Waals surface area contributed by atoms with Gasteiger partial charge in [-0.2, -0.15) is 0 Å². The van der Waals surface area contributed by atoms with Crippen molar-refractivity contribution in [2.24, 2.45) is 0 Å². The van der Waals surface area contributed by atoms with Crippen molar-refractivity contribution in [2.45, 2.75) is 18.2 Å². The zero-order chi connectivity index (χ0) is 9.42. The molecule has 13 heavy (non-hydrogen) atoms. The third kappa shape index (κ3) is 1.47. The van der Waals surface area contributed by atoms with Gasteiger partial charge in [-0.3, -0.25) is 0 Å². The van der Waals surface area contributed by atoms with E-state index in [0.29, 0.717) is 0 Å². The van der Waals surface area contributed by atoms with Crippen LogP contribution in [0, 0.1) is 0 Å². The Morgan fingerprint density at radius 3 is 2.92 bits per heavy atom. The second-order valence-corrected chi connectivity index (χ2v) is 4.62. The molecule has 0 amide bonds. The van der Waals surface area contributed by atoms with E-state index in [0.717, 1.165) is 21.7 Å². The Morgan fingerprint density at radius 2 is 2.23 bits per heavy atom. The van der Waals surface area contributed by atoms with Gasteiger partial charge in [0.25, 0.3) is 0 Å². The van der Waals surface area contributed by atoms with Crippen LogP contribution in [0.1, 0.15) is 12.5 Å². The number of halogens is 1. The molecule has 2 aromatic rings. The third-order valence-electron chi connectivity index (χ3n) is 2.13. The first-order chi connectivity index (χ1) is 6.24. The molecule has 0 spiro atoms. The molecule has 0 saturated carbocycles. The smallest absolute Gasteiger partial charge is 0.0592 e. The number of thiol groups is 1. The second kappa shape index (κ2) is 3.52. The molecule has 0 fully saturated rings. The van der Waals surface area contributed by atoms with Gasteiger partial charge in [0.15, 0.2) is 0 Å². The van der Waals surface area contributed by atoms with Gasteiger partial charge in [0.2, 0.25) is 0 Å². The predicted molar refractivity (Wildman–Crippen MR) is 63.5 cm³/mol. The van der Waals surface area contributed by atoms with Crippen molar-refractivity contribution in [1.29, 1.82) is 0 Å². The molecular formula is C10H9ClS2. The van der Waals surface area contributed by atoms with Gasteiger partial charge in [-0.15, -0.1) is 24.0 Å². The molecule has 0 atom stereocenters. The van der Waals surface area contributed by atoms with Crippen LogP contribution in [0.3, 0.4) is 0 Å². The van der Waals surface area contributed by atoms with Crippen molar-refractivity contribution in [3.8, 4) is 0 Å². The monoisotopic (exact) mass is 228 g/mol. The molecule has 0 N–H and O–H groups in total. The molecule has 0 aliphatic rings. The van der Waals surface area contributed by atoms with E-state index in [2.05, 4.69) is 31.7 Å². The molecule has 0 saturated heterocycles. The van der Waals surface area contributed by atoms with Crippen LogP contribution in [0.15, 0.2) is 22.4 Å². The normalized spacial score (nSPS) is 11.0. The molecule has 0 nitrogen and oxygen atoms in total. The van der Waals surface area contributed by atoms with E-state index < -0.39 is 0 Å². The van der Waals surface area contributed by atoms with E-state index in [1.165, 1.54) is 10.3 Å². The van der Waals surface area contributed by atoms with E-state index in [1.54, 1.807) is 11.3 Å². The largest absolute Gasteiger partial charge is 0.142 e. The Kier molecular flexibility index (Phi) is 2.54. The molecule has 1 aromatic carbocycles. The van der Waals surface area contributed by atoms with Gasteiger partial charge < -0.3 is 0 Å². The molecule has 1 heterocycles. The summed E-state index contributed by atoms with van der Waals surface area (Å²) < 4.78 is 1.20. The second-order valence-electron chi connectivity index (χ2n) is 2.89. The number of hydrogen-bond acceptors (Lipinski definition) is 2. The van der Waals surface area contributed by atoms with Crippen LogP contribution >= 0.6 is 35.6 Å². The lowest BCUT2D eigenvalue weighted by Crippen LogP contribution is -1.81. The zero-order valence-electron chi connectivity index (χ0n) is 7.17. The first-order valence-corrected chi connectivity index (χ1v) is 5.82. The Bertz CT molecular complexity index is 445. The summed E-state index contributed by atoms with van der Waals surface area (Å²) in [6, 6.07) is 4.18. The Hall–Kier alpha value is -0.180. The summed E-state index contributed by atoms with van der Waals surface area (Å²) in [5.74, 6) is 0. The average Bonchev–Trinajstić information content (AvgIpc) is 2.50. The van der Waals surface area contributed by atoms with E-state index in [1.807, 2.05) is 5.38 Å². The summed E-state index contributed by atoms with van der Waals surface area (Å²) in [6.07, 6.45) is 1.02. The average molecular weight is 229 g/mol. The van der Waals surface area contributed by atoms with Crippen LogP contribution in [0.5, 0.6) is 0 Å². The predicted octanol–water partition coefficient (Wildman–Crippen LogP) is 4.41. The van der Waals surface area contributed by atoms with E-state index in [-0.39, 0.29) is 0 Å². The summed E-state index contributed by atoms with van der Waals surface area (Å²) in [7, 11) is 0. The lowest BCUT2D eigenvalue weighted by atomic mass is 10.1. The standard InChI is InChI=1S/C10H9ClS2/c1-2-6-3-4-7-8(11)5-13-10(7)9(6)12/h3-5,12H,2H2,1H3. The molecule has 2 rings (SSSR count). The van der Waals surface area contributed by atoms with Crippen LogP contribution in [-0.4, -0.2) is 0 Å². The number of aryl methyl sites for hydroxylation is 1. The number of benzene rings is 1. The summed E-state index contributed by atoms with van der Waals surface area (Å²) in [4.78, 5) is 1.08. The molecule has 0 radical (unpaired) electrons. The van der Waals surface area contributed by atoms with Gasteiger partial charge in [0.1, 0.15) is 0 Å². The maximum Gasteiger partial charge on any atom is 0.0592 e. The zero-order valence-corrected chi connectivity index (χ0v) is 9.64. The van der Waals surface area contributed by atoms with Crippen molar-refractivity contribution < 1.29 is 0 Å². The molecule has 0 aliphatic heterocycles. The quantitative estimate of drug-likeness (QED) is 0.687. The Morgan fingerprint density at radius 1 is 1.46 bits per heavy atom. The lowest BCUT2D eigenvalue weighted by Gasteiger charge is -2.02. The SMILES string of the molecule is CCc1ccc2c(Cl)csc2c1S. The van der Waals surface area contributed by atoms with Crippen LogP contribution in [0.25, 0.3) is 10.1 Å². The highest BCUT2D eigenvalue weighted by Crippen LogP contribution is 2.35. The highest BCUT2D eigenvalue weighted by molar-refractivity contribution is 7.80. The summed E-state index contributed by atoms with van der Waals surface area (Å²) in [5, 5.41) is 3.91.